The fourth-order valence-corrected chi connectivity index (χ4v) is 3.08. The molecule has 0 aromatic carbocycles. The summed E-state index contributed by atoms with van der Waals surface area (Å²) < 4.78 is 0. The second kappa shape index (κ2) is 5.26. The monoisotopic (exact) mass is 253 g/mol. The van der Waals surface area contributed by atoms with E-state index in [4.69, 9.17) is 5.73 Å². The van der Waals surface area contributed by atoms with Crippen LogP contribution < -0.4 is 11.1 Å². The van der Waals surface area contributed by atoms with Gasteiger partial charge in [0.1, 0.15) is 6.04 Å². The number of amides is 2. The number of hydrogen-bond acceptors (Lipinski definition) is 3. The minimum Gasteiger partial charge on any atom is -0.353 e. The summed E-state index contributed by atoms with van der Waals surface area (Å²) in [5.74, 6) is 0.00990. The van der Waals surface area contributed by atoms with E-state index in [-0.39, 0.29) is 23.4 Å². The van der Waals surface area contributed by atoms with Crippen LogP contribution in [0.2, 0.25) is 0 Å². The van der Waals surface area contributed by atoms with Crippen molar-refractivity contribution in [2.24, 2.45) is 5.73 Å². The van der Waals surface area contributed by atoms with Gasteiger partial charge in [-0.1, -0.05) is 19.8 Å². The van der Waals surface area contributed by atoms with Crippen molar-refractivity contribution in [1.82, 2.24) is 10.2 Å². The zero-order chi connectivity index (χ0) is 13.2. The summed E-state index contributed by atoms with van der Waals surface area (Å²) >= 11 is 0. The van der Waals surface area contributed by atoms with E-state index in [1.54, 1.807) is 4.90 Å². The van der Waals surface area contributed by atoms with Crippen molar-refractivity contribution in [2.75, 3.05) is 13.1 Å². The first-order chi connectivity index (χ1) is 8.56. The third kappa shape index (κ3) is 2.66. The van der Waals surface area contributed by atoms with Crippen LogP contribution in [0.4, 0.5) is 0 Å². The molecular weight excluding hydrogens is 230 g/mol. The molecule has 0 aromatic rings. The molecule has 3 N–H and O–H groups in total. The lowest BCUT2D eigenvalue weighted by Gasteiger charge is -2.36. The molecule has 2 fully saturated rings. The van der Waals surface area contributed by atoms with E-state index in [9.17, 15) is 9.59 Å². The Bertz CT molecular complexity index is 337. The molecule has 2 amide bonds. The van der Waals surface area contributed by atoms with Gasteiger partial charge in [0, 0.05) is 25.0 Å². The SMILES string of the molecule is CCC1C(=O)NCCN1C(=O)CC1(N)CCCC1. The second-order valence-electron chi connectivity index (χ2n) is 5.55. The Hall–Kier alpha value is -1.10. The molecule has 2 rings (SSSR count). The summed E-state index contributed by atoms with van der Waals surface area (Å²) in [5, 5.41) is 2.81. The molecule has 18 heavy (non-hydrogen) atoms. The summed E-state index contributed by atoms with van der Waals surface area (Å²) in [6.45, 7) is 3.10. The van der Waals surface area contributed by atoms with Crippen molar-refractivity contribution in [3.8, 4) is 0 Å². The summed E-state index contributed by atoms with van der Waals surface area (Å²) in [6.07, 6.45) is 5.13. The molecule has 0 bridgehead atoms. The molecule has 102 valence electrons. The van der Waals surface area contributed by atoms with Crippen molar-refractivity contribution in [2.45, 2.75) is 57.0 Å². The molecule has 1 saturated carbocycles. The highest BCUT2D eigenvalue weighted by Crippen LogP contribution is 2.31. The van der Waals surface area contributed by atoms with E-state index >= 15 is 0 Å². The molecule has 0 spiro atoms. The number of nitrogens with two attached hydrogens (primary N) is 1. The van der Waals surface area contributed by atoms with Gasteiger partial charge in [-0.25, -0.2) is 0 Å². The highest BCUT2D eigenvalue weighted by atomic mass is 16.2. The van der Waals surface area contributed by atoms with Gasteiger partial charge >= 0.3 is 0 Å². The molecule has 1 unspecified atom stereocenters. The summed E-state index contributed by atoms with van der Waals surface area (Å²) in [6, 6.07) is -0.309. The Balaban J connectivity index is 2.00. The molecule has 1 heterocycles. The van der Waals surface area contributed by atoms with Crippen LogP contribution in [0.3, 0.4) is 0 Å². The molecule has 0 aromatic heterocycles. The number of carbonyl (C=O) groups is 2. The fourth-order valence-electron chi connectivity index (χ4n) is 3.08. The Morgan fingerprint density at radius 3 is 2.78 bits per heavy atom. The van der Waals surface area contributed by atoms with Crippen molar-refractivity contribution in [3.05, 3.63) is 0 Å². The first-order valence-corrected chi connectivity index (χ1v) is 6.92. The molecule has 5 heteroatoms. The fraction of sp³-hybridized carbons (Fsp3) is 0.846. The van der Waals surface area contributed by atoms with Gasteiger partial charge < -0.3 is 16.0 Å². The van der Waals surface area contributed by atoms with Crippen molar-refractivity contribution in [3.63, 3.8) is 0 Å². The second-order valence-corrected chi connectivity index (χ2v) is 5.55. The number of nitrogens with one attached hydrogen (secondary N) is 1. The average Bonchev–Trinajstić information content (AvgIpc) is 2.75. The van der Waals surface area contributed by atoms with E-state index in [1.807, 2.05) is 6.92 Å². The van der Waals surface area contributed by atoms with E-state index in [2.05, 4.69) is 5.32 Å². The van der Waals surface area contributed by atoms with Crippen LogP contribution >= 0.6 is 0 Å². The van der Waals surface area contributed by atoms with Gasteiger partial charge in [0.2, 0.25) is 11.8 Å². The minimum absolute atomic E-state index is 0.0328. The predicted molar refractivity (Wildman–Crippen MR) is 68.8 cm³/mol. The number of carbonyl (C=O) groups excluding carboxylic acids is 2. The van der Waals surface area contributed by atoms with E-state index in [0.717, 1.165) is 25.7 Å². The number of piperazine rings is 1. The number of rotatable bonds is 3. The van der Waals surface area contributed by atoms with Gasteiger partial charge in [-0.15, -0.1) is 0 Å². The van der Waals surface area contributed by atoms with Gasteiger partial charge in [-0.05, 0) is 19.3 Å². The van der Waals surface area contributed by atoms with Crippen molar-refractivity contribution >= 4 is 11.8 Å². The summed E-state index contributed by atoms with van der Waals surface area (Å²) in [4.78, 5) is 25.8. The minimum atomic E-state index is -0.330. The van der Waals surface area contributed by atoms with E-state index in [0.29, 0.717) is 25.9 Å². The number of nitrogens with zero attached hydrogens (tertiary/aromatic N) is 1. The zero-order valence-corrected chi connectivity index (χ0v) is 11.1. The lowest BCUT2D eigenvalue weighted by molar-refractivity contribution is -0.144. The molecule has 1 atom stereocenters. The molecule has 1 aliphatic carbocycles. The zero-order valence-electron chi connectivity index (χ0n) is 11.1. The number of hydrogen-bond donors (Lipinski definition) is 2. The first-order valence-electron chi connectivity index (χ1n) is 6.92. The van der Waals surface area contributed by atoms with Crippen LogP contribution in [-0.2, 0) is 9.59 Å². The van der Waals surface area contributed by atoms with Crippen LogP contribution in [0, 0.1) is 0 Å². The Labute approximate surface area is 108 Å². The third-order valence-electron chi connectivity index (χ3n) is 4.14. The quantitative estimate of drug-likeness (QED) is 0.763. The molecule has 1 saturated heterocycles. The topological polar surface area (TPSA) is 75.4 Å². The van der Waals surface area contributed by atoms with E-state index < -0.39 is 0 Å². The Kier molecular flexibility index (Phi) is 3.90. The van der Waals surface area contributed by atoms with Crippen molar-refractivity contribution < 1.29 is 9.59 Å². The van der Waals surface area contributed by atoms with Crippen molar-refractivity contribution in [1.29, 1.82) is 0 Å². The van der Waals surface area contributed by atoms with Crippen LogP contribution in [0.25, 0.3) is 0 Å². The highest BCUT2D eigenvalue weighted by Gasteiger charge is 2.37. The lowest BCUT2D eigenvalue weighted by Crippen LogP contribution is -2.58. The van der Waals surface area contributed by atoms with E-state index in [1.165, 1.54) is 0 Å². The van der Waals surface area contributed by atoms with Crippen LogP contribution in [0.1, 0.15) is 45.4 Å². The Morgan fingerprint density at radius 1 is 1.50 bits per heavy atom. The molecule has 2 aliphatic rings. The predicted octanol–water partition coefficient (Wildman–Crippen LogP) is 0.385. The lowest BCUT2D eigenvalue weighted by atomic mass is 9.93. The maximum Gasteiger partial charge on any atom is 0.242 e. The largest absolute Gasteiger partial charge is 0.353 e. The van der Waals surface area contributed by atoms with Crippen LogP contribution in [0.5, 0.6) is 0 Å². The van der Waals surface area contributed by atoms with Gasteiger partial charge in [-0.2, -0.15) is 0 Å². The van der Waals surface area contributed by atoms with Gasteiger partial charge in [-0.3, -0.25) is 9.59 Å². The standard InChI is InChI=1S/C13H23N3O2/c1-2-10-12(18)15-7-8-16(10)11(17)9-13(14)5-3-4-6-13/h10H,2-9,14H2,1H3,(H,15,18). The van der Waals surface area contributed by atoms with Gasteiger partial charge in [0.25, 0.3) is 0 Å². The van der Waals surface area contributed by atoms with Crippen LogP contribution in [0.15, 0.2) is 0 Å². The molecule has 0 radical (unpaired) electrons. The Morgan fingerprint density at radius 2 is 2.17 bits per heavy atom. The molecular formula is C13H23N3O2. The normalized spacial score (nSPS) is 27.1. The van der Waals surface area contributed by atoms with Crippen LogP contribution in [-0.4, -0.2) is 41.4 Å². The maximum absolute atomic E-state index is 12.3. The highest BCUT2D eigenvalue weighted by molar-refractivity contribution is 5.89. The smallest absolute Gasteiger partial charge is 0.242 e. The van der Waals surface area contributed by atoms with Gasteiger partial charge in [0.15, 0.2) is 0 Å². The molecule has 5 nitrogen and oxygen atoms in total. The summed E-state index contributed by atoms with van der Waals surface area (Å²) in [7, 11) is 0. The first kappa shape index (κ1) is 13.3. The third-order valence-corrected chi connectivity index (χ3v) is 4.14. The summed E-state index contributed by atoms with van der Waals surface area (Å²) in [5.41, 5.74) is 5.91. The maximum atomic E-state index is 12.3. The molecule has 1 aliphatic heterocycles. The average molecular weight is 253 g/mol. The van der Waals surface area contributed by atoms with Gasteiger partial charge in [0.05, 0.1) is 0 Å².